The van der Waals surface area contributed by atoms with E-state index in [4.69, 9.17) is 19.6 Å². The van der Waals surface area contributed by atoms with Crippen LogP contribution in [0.4, 0.5) is 14.6 Å². The van der Waals surface area contributed by atoms with Gasteiger partial charge in [0.1, 0.15) is 5.82 Å². The second-order valence-corrected chi connectivity index (χ2v) is 10.6. The standard InChI is InChI=1S/C28H38F2N4O.CH2O2/c29-28(30,14-2-1-8-24-12-11-21-6-4-16-32-27(21)33-24)23-13-17-34(19-23)18-22-7-5-15-31-26(22)20-35-25-9-3-10-25;2-1-3/h5,7,11-12,15,23,25H,1-4,6,8-10,13-14,16-20H2,(H,32,33);1H,(H,2,3). The van der Waals surface area contributed by atoms with Crippen molar-refractivity contribution in [1.29, 1.82) is 0 Å². The summed E-state index contributed by atoms with van der Waals surface area (Å²) in [7, 11) is 0. The number of likely N-dealkylation sites (tertiary alicyclic amines) is 1. The molecule has 38 heavy (non-hydrogen) atoms. The molecule has 1 saturated heterocycles. The van der Waals surface area contributed by atoms with E-state index >= 15 is 8.78 Å². The molecule has 7 nitrogen and oxygen atoms in total. The summed E-state index contributed by atoms with van der Waals surface area (Å²) in [6.45, 7) is 3.06. The number of pyridine rings is 2. The second kappa shape index (κ2) is 13.9. The number of halogens is 2. The highest BCUT2D eigenvalue weighted by Crippen LogP contribution is 2.37. The number of unbranched alkanes of at least 4 members (excludes halogenated alkanes) is 1. The monoisotopic (exact) mass is 530 g/mol. The Labute approximate surface area is 224 Å². The van der Waals surface area contributed by atoms with E-state index in [1.165, 1.54) is 12.0 Å². The molecule has 2 N–H and O–H groups in total. The summed E-state index contributed by atoms with van der Waals surface area (Å²) in [4.78, 5) is 19.7. The van der Waals surface area contributed by atoms with Gasteiger partial charge in [0.05, 0.1) is 18.4 Å². The summed E-state index contributed by atoms with van der Waals surface area (Å²) in [5.74, 6) is -2.21. The molecule has 208 valence electrons. The van der Waals surface area contributed by atoms with Gasteiger partial charge in [0.2, 0.25) is 0 Å². The molecule has 5 rings (SSSR count). The number of aromatic nitrogens is 2. The van der Waals surface area contributed by atoms with Gasteiger partial charge in [0.25, 0.3) is 12.4 Å². The van der Waals surface area contributed by atoms with Crippen LogP contribution in [0.25, 0.3) is 0 Å². The van der Waals surface area contributed by atoms with E-state index in [1.807, 2.05) is 6.07 Å². The number of aryl methyl sites for hydroxylation is 2. The molecule has 3 aliphatic rings. The Kier molecular flexibility index (Phi) is 10.4. The highest BCUT2D eigenvalue weighted by Gasteiger charge is 2.42. The van der Waals surface area contributed by atoms with Gasteiger partial charge >= 0.3 is 0 Å². The number of rotatable bonds is 11. The van der Waals surface area contributed by atoms with Crippen molar-refractivity contribution in [3.05, 3.63) is 53.0 Å². The van der Waals surface area contributed by atoms with Crippen LogP contribution in [0.1, 0.15) is 73.9 Å². The number of carbonyl (C=O) groups is 1. The van der Waals surface area contributed by atoms with Crippen LogP contribution in [0, 0.1) is 5.92 Å². The zero-order valence-corrected chi connectivity index (χ0v) is 22.1. The van der Waals surface area contributed by atoms with Crippen molar-refractivity contribution in [3.63, 3.8) is 0 Å². The van der Waals surface area contributed by atoms with Gasteiger partial charge in [0.15, 0.2) is 0 Å². The van der Waals surface area contributed by atoms with Crippen LogP contribution in [0.15, 0.2) is 30.5 Å². The van der Waals surface area contributed by atoms with E-state index in [9.17, 15) is 0 Å². The molecule has 2 aromatic rings. The highest BCUT2D eigenvalue weighted by atomic mass is 19.3. The summed E-state index contributed by atoms with van der Waals surface area (Å²) >= 11 is 0. The molecule has 2 fully saturated rings. The summed E-state index contributed by atoms with van der Waals surface area (Å²) in [6, 6.07) is 8.18. The maximum absolute atomic E-state index is 15.0. The minimum atomic E-state index is -2.62. The number of hydrogen-bond acceptors (Lipinski definition) is 6. The molecule has 0 amide bonds. The van der Waals surface area contributed by atoms with Crippen molar-refractivity contribution in [2.75, 3.05) is 25.0 Å². The van der Waals surface area contributed by atoms with Gasteiger partial charge < -0.3 is 15.2 Å². The number of nitrogens with zero attached hydrogens (tertiary/aromatic N) is 3. The van der Waals surface area contributed by atoms with Crippen molar-refractivity contribution >= 4 is 12.3 Å². The van der Waals surface area contributed by atoms with E-state index in [0.717, 1.165) is 67.8 Å². The fraction of sp³-hybridized carbons (Fsp3) is 0.621. The van der Waals surface area contributed by atoms with Gasteiger partial charge in [-0.25, -0.2) is 13.8 Å². The quantitative estimate of drug-likeness (QED) is 0.294. The molecule has 9 heteroatoms. The molecule has 1 unspecified atom stereocenters. The van der Waals surface area contributed by atoms with Crippen LogP contribution in [-0.2, 0) is 35.5 Å². The molecule has 2 aliphatic heterocycles. The summed E-state index contributed by atoms with van der Waals surface area (Å²) < 4.78 is 36.0. The molecule has 2 aromatic heterocycles. The SMILES string of the molecule is FC(F)(CCCCc1ccc2c(n1)NCCC2)C1CCN(Cc2cccnc2COC2CCC2)C1.O=CO. The first-order valence-electron chi connectivity index (χ1n) is 13.9. The van der Waals surface area contributed by atoms with E-state index in [2.05, 4.69) is 33.4 Å². The maximum atomic E-state index is 15.0. The fourth-order valence-corrected chi connectivity index (χ4v) is 5.42. The summed E-state index contributed by atoms with van der Waals surface area (Å²) in [6.07, 6.45) is 10.4. The average molecular weight is 531 g/mol. The Morgan fingerprint density at radius 1 is 1.18 bits per heavy atom. The smallest absolute Gasteiger partial charge is 0.290 e. The predicted octanol–water partition coefficient (Wildman–Crippen LogP) is 5.47. The molecule has 0 bridgehead atoms. The molecule has 1 aliphatic carbocycles. The summed E-state index contributed by atoms with van der Waals surface area (Å²) in [5, 5.41) is 10.2. The second-order valence-electron chi connectivity index (χ2n) is 10.6. The lowest BCUT2D eigenvalue weighted by atomic mass is 9.95. The third kappa shape index (κ3) is 7.93. The number of fused-ring (bicyclic) bond motifs is 1. The molecule has 4 heterocycles. The Morgan fingerprint density at radius 3 is 2.82 bits per heavy atom. The number of hydrogen-bond donors (Lipinski definition) is 2. The minimum Gasteiger partial charge on any atom is -0.483 e. The van der Waals surface area contributed by atoms with E-state index in [1.54, 1.807) is 6.20 Å². The Hall–Kier alpha value is -2.65. The third-order valence-electron chi connectivity index (χ3n) is 7.90. The minimum absolute atomic E-state index is 0.0396. The van der Waals surface area contributed by atoms with Crippen LogP contribution in [0.5, 0.6) is 0 Å². The van der Waals surface area contributed by atoms with E-state index in [0.29, 0.717) is 45.2 Å². The fourth-order valence-electron chi connectivity index (χ4n) is 5.42. The first-order valence-corrected chi connectivity index (χ1v) is 13.9. The number of ether oxygens (including phenoxy) is 1. The van der Waals surface area contributed by atoms with Crippen molar-refractivity contribution < 1.29 is 23.4 Å². The number of nitrogens with one attached hydrogen (secondary N) is 1. The number of alkyl halides is 2. The lowest BCUT2D eigenvalue weighted by Crippen LogP contribution is -2.31. The van der Waals surface area contributed by atoms with Crippen molar-refractivity contribution in [2.45, 2.75) is 89.4 Å². The molecule has 0 spiro atoms. The van der Waals surface area contributed by atoms with Gasteiger partial charge in [0, 0.05) is 43.9 Å². The first kappa shape index (κ1) is 28.4. The zero-order valence-electron chi connectivity index (χ0n) is 22.1. The van der Waals surface area contributed by atoms with Crippen LogP contribution in [-0.4, -0.2) is 58.1 Å². The molecular weight excluding hydrogens is 490 g/mol. The lowest BCUT2D eigenvalue weighted by molar-refractivity contribution is -0.122. The van der Waals surface area contributed by atoms with Crippen LogP contribution in [0.3, 0.4) is 0 Å². The van der Waals surface area contributed by atoms with Crippen LogP contribution in [0.2, 0.25) is 0 Å². The van der Waals surface area contributed by atoms with Crippen LogP contribution >= 0.6 is 0 Å². The molecule has 0 radical (unpaired) electrons. The molecular formula is C29H40F2N4O3. The number of carboxylic acid groups (broad SMARTS) is 1. The van der Waals surface area contributed by atoms with Gasteiger partial charge in [-0.15, -0.1) is 0 Å². The summed E-state index contributed by atoms with van der Waals surface area (Å²) in [5.41, 5.74) is 4.31. The van der Waals surface area contributed by atoms with Gasteiger partial charge in [-0.05, 0) is 87.6 Å². The molecule has 1 atom stereocenters. The topological polar surface area (TPSA) is 87.6 Å². The van der Waals surface area contributed by atoms with E-state index in [-0.39, 0.29) is 12.9 Å². The van der Waals surface area contributed by atoms with Gasteiger partial charge in [-0.2, -0.15) is 0 Å². The van der Waals surface area contributed by atoms with Gasteiger partial charge in [-0.1, -0.05) is 12.1 Å². The van der Waals surface area contributed by atoms with Crippen LogP contribution < -0.4 is 5.32 Å². The first-order chi connectivity index (χ1) is 18.5. The Balaban J connectivity index is 0.00000107. The molecule has 1 saturated carbocycles. The van der Waals surface area contributed by atoms with E-state index < -0.39 is 11.8 Å². The van der Waals surface area contributed by atoms with Crippen molar-refractivity contribution in [2.24, 2.45) is 5.92 Å². The third-order valence-corrected chi connectivity index (χ3v) is 7.90. The average Bonchev–Trinajstić information content (AvgIpc) is 3.37. The Bertz CT molecular complexity index is 1030. The number of anilines is 1. The lowest BCUT2D eigenvalue weighted by Gasteiger charge is -2.26. The van der Waals surface area contributed by atoms with Crippen molar-refractivity contribution in [1.82, 2.24) is 14.9 Å². The van der Waals surface area contributed by atoms with Crippen molar-refractivity contribution in [3.8, 4) is 0 Å². The zero-order chi connectivity index (χ0) is 26.8. The maximum Gasteiger partial charge on any atom is 0.290 e. The largest absolute Gasteiger partial charge is 0.483 e. The molecule has 0 aromatic carbocycles. The Morgan fingerprint density at radius 2 is 2.03 bits per heavy atom. The highest BCUT2D eigenvalue weighted by molar-refractivity contribution is 5.47. The predicted molar refractivity (Wildman–Crippen MR) is 142 cm³/mol. The van der Waals surface area contributed by atoms with Gasteiger partial charge in [-0.3, -0.25) is 14.7 Å². The normalized spacial score (nSPS) is 19.6.